The van der Waals surface area contributed by atoms with Crippen LogP contribution in [0.15, 0.2) is 34.1 Å². The van der Waals surface area contributed by atoms with E-state index < -0.39 is 10.0 Å². The van der Waals surface area contributed by atoms with Gasteiger partial charge in [-0.1, -0.05) is 0 Å². The van der Waals surface area contributed by atoms with Gasteiger partial charge in [0.15, 0.2) is 0 Å². The summed E-state index contributed by atoms with van der Waals surface area (Å²) in [5.41, 5.74) is 0. The molecule has 0 radical (unpaired) electrons. The van der Waals surface area contributed by atoms with Crippen molar-refractivity contribution in [2.45, 2.75) is 9.79 Å². The van der Waals surface area contributed by atoms with E-state index in [0.717, 1.165) is 4.90 Å². The van der Waals surface area contributed by atoms with Gasteiger partial charge in [0.2, 0.25) is 10.0 Å². The van der Waals surface area contributed by atoms with Crippen molar-refractivity contribution in [3.63, 3.8) is 0 Å². The summed E-state index contributed by atoms with van der Waals surface area (Å²) in [4.78, 5) is 1.39. The largest absolute Gasteiger partial charge is 0.242 e. The second kappa shape index (κ2) is 4.33. The highest BCUT2D eigenvalue weighted by Gasteiger charge is 2.16. The molecule has 0 aliphatic carbocycles. The molecule has 1 aromatic carbocycles. The van der Waals surface area contributed by atoms with E-state index in [-0.39, 0.29) is 0 Å². The molecule has 78 valence electrons. The molecule has 0 bridgehead atoms. The smallest absolute Gasteiger partial charge is 0.207 e. The lowest BCUT2D eigenvalue weighted by atomic mass is 10.4. The van der Waals surface area contributed by atoms with E-state index in [9.17, 15) is 8.42 Å². The van der Waals surface area contributed by atoms with Crippen LogP contribution in [0.2, 0.25) is 0 Å². The van der Waals surface area contributed by atoms with Gasteiger partial charge in [0.1, 0.15) is 0 Å². The Labute approximate surface area is 89.2 Å². The lowest BCUT2D eigenvalue weighted by Crippen LogP contribution is -2.22. The molecular weight excluding hydrogens is 218 g/mol. The van der Waals surface area contributed by atoms with Crippen molar-refractivity contribution < 1.29 is 8.42 Å². The fraction of sp³-hybridized carbons (Fsp3) is 0.333. The van der Waals surface area contributed by atoms with E-state index in [4.69, 9.17) is 0 Å². The Morgan fingerprint density at radius 1 is 1.14 bits per heavy atom. The molecule has 5 heteroatoms. The number of hydrogen-bond acceptors (Lipinski definition) is 3. The van der Waals surface area contributed by atoms with Gasteiger partial charge in [-0.25, -0.2) is 12.7 Å². The van der Waals surface area contributed by atoms with Crippen LogP contribution >= 0.6 is 11.8 Å². The van der Waals surface area contributed by atoms with Gasteiger partial charge in [0.25, 0.3) is 0 Å². The van der Waals surface area contributed by atoms with E-state index in [1.807, 2.05) is 6.26 Å². The fourth-order valence-electron chi connectivity index (χ4n) is 0.959. The summed E-state index contributed by atoms with van der Waals surface area (Å²) >= 11 is 1.59. The third-order valence-electron chi connectivity index (χ3n) is 1.84. The molecule has 0 saturated carbocycles. The number of thioether (sulfide) groups is 1. The minimum atomic E-state index is -3.28. The predicted molar refractivity (Wildman–Crippen MR) is 59.1 cm³/mol. The van der Waals surface area contributed by atoms with E-state index in [2.05, 4.69) is 0 Å². The molecule has 1 aromatic rings. The van der Waals surface area contributed by atoms with Crippen molar-refractivity contribution in [2.75, 3.05) is 20.4 Å². The van der Waals surface area contributed by atoms with Crippen molar-refractivity contribution in [1.29, 1.82) is 0 Å². The number of rotatable bonds is 3. The number of benzene rings is 1. The Balaban J connectivity index is 3.10. The van der Waals surface area contributed by atoms with Crippen molar-refractivity contribution in [2.24, 2.45) is 0 Å². The van der Waals surface area contributed by atoms with Gasteiger partial charge in [-0.2, -0.15) is 0 Å². The zero-order chi connectivity index (χ0) is 10.8. The van der Waals surface area contributed by atoms with Crippen molar-refractivity contribution in [1.82, 2.24) is 4.31 Å². The van der Waals surface area contributed by atoms with Crippen LogP contribution < -0.4 is 0 Å². The molecule has 0 aliphatic rings. The maximum atomic E-state index is 11.7. The van der Waals surface area contributed by atoms with Crippen molar-refractivity contribution in [3.05, 3.63) is 24.3 Å². The van der Waals surface area contributed by atoms with Gasteiger partial charge in [-0.3, -0.25) is 0 Å². The summed E-state index contributed by atoms with van der Waals surface area (Å²) in [5.74, 6) is 0. The topological polar surface area (TPSA) is 37.4 Å². The van der Waals surface area contributed by atoms with Crippen LogP contribution in [0.5, 0.6) is 0 Å². The summed E-state index contributed by atoms with van der Waals surface area (Å²) in [6.45, 7) is 0. The molecule has 0 heterocycles. The molecule has 0 saturated heterocycles. The van der Waals surface area contributed by atoms with Gasteiger partial charge in [0, 0.05) is 19.0 Å². The van der Waals surface area contributed by atoms with Gasteiger partial charge >= 0.3 is 0 Å². The highest BCUT2D eigenvalue weighted by atomic mass is 32.2. The maximum absolute atomic E-state index is 11.7. The summed E-state index contributed by atoms with van der Waals surface area (Å²) < 4.78 is 24.5. The summed E-state index contributed by atoms with van der Waals surface area (Å²) in [5, 5.41) is 0. The van der Waals surface area contributed by atoms with Crippen molar-refractivity contribution in [3.8, 4) is 0 Å². The van der Waals surface area contributed by atoms with E-state index >= 15 is 0 Å². The molecule has 0 spiro atoms. The Morgan fingerprint density at radius 2 is 1.64 bits per heavy atom. The van der Waals surface area contributed by atoms with Crippen LogP contribution in [-0.4, -0.2) is 33.1 Å². The highest BCUT2D eigenvalue weighted by molar-refractivity contribution is 7.98. The average molecular weight is 231 g/mol. The summed E-state index contributed by atoms with van der Waals surface area (Å²) in [7, 11) is -0.227. The Morgan fingerprint density at radius 3 is 2.00 bits per heavy atom. The standard InChI is InChI=1S/C9H13NO2S2/c1-10(2)14(11,12)9-6-4-8(13-3)5-7-9/h4-7H,1-3H3. The second-order valence-corrected chi connectivity index (χ2v) is 5.99. The minimum Gasteiger partial charge on any atom is -0.207 e. The SMILES string of the molecule is CSc1ccc(S(=O)(=O)N(C)C)cc1. The third kappa shape index (κ3) is 2.29. The third-order valence-corrected chi connectivity index (χ3v) is 4.41. The molecule has 0 amide bonds. The molecule has 0 atom stereocenters. The highest BCUT2D eigenvalue weighted by Crippen LogP contribution is 2.18. The van der Waals surface area contributed by atoms with E-state index in [1.165, 1.54) is 18.4 Å². The number of nitrogens with zero attached hydrogens (tertiary/aromatic N) is 1. The van der Waals surface area contributed by atoms with E-state index in [1.54, 1.807) is 36.0 Å². The monoisotopic (exact) mass is 231 g/mol. The zero-order valence-corrected chi connectivity index (χ0v) is 10.0. The number of hydrogen-bond donors (Lipinski definition) is 0. The second-order valence-electron chi connectivity index (χ2n) is 2.96. The summed E-state index contributed by atoms with van der Waals surface area (Å²) in [6.07, 6.45) is 1.95. The lowest BCUT2D eigenvalue weighted by molar-refractivity contribution is 0.520. The van der Waals surface area contributed by atoms with Gasteiger partial charge < -0.3 is 0 Å². The summed E-state index contributed by atoms with van der Waals surface area (Å²) in [6, 6.07) is 6.87. The molecule has 0 fully saturated rings. The molecule has 0 unspecified atom stereocenters. The zero-order valence-electron chi connectivity index (χ0n) is 8.39. The lowest BCUT2D eigenvalue weighted by Gasteiger charge is -2.11. The van der Waals surface area contributed by atoms with Crippen LogP contribution in [0.25, 0.3) is 0 Å². The first-order valence-electron chi connectivity index (χ1n) is 4.05. The fourth-order valence-corrected chi connectivity index (χ4v) is 2.27. The van der Waals surface area contributed by atoms with Gasteiger partial charge in [-0.15, -0.1) is 11.8 Å². The first-order valence-corrected chi connectivity index (χ1v) is 6.71. The molecule has 1 rings (SSSR count). The normalized spacial score (nSPS) is 12.0. The van der Waals surface area contributed by atoms with Crippen LogP contribution in [0.1, 0.15) is 0 Å². The molecule has 0 N–H and O–H groups in total. The Kier molecular flexibility index (Phi) is 3.58. The Hall–Kier alpha value is -0.520. The molecule has 0 aliphatic heterocycles. The van der Waals surface area contributed by atoms with Crippen LogP contribution in [0.4, 0.5) is 0 Å². The Bertz CT molecular complexity index is 395. The van der Waals surface area contributed by atoms with Crippen LogP contribution in [0.3, 0.4) is 0 Å². The maximum Gasteiger partial charge on any atom is 0.242 e. The van der Waals surface area contributed by atoms with Crippen molar-refractivity contribution >= 4 is 21.8 Å². The van der Waals surface area contributed by atoms with E-state index in [0.29, 0.717) is 4.90 Å². The minimum absolute atomic E-state index is 0.334. The van der Waals surface area contributed by atoms with Crippen LogP contribution in [0, 0.1) is 0 Å². The van der Waals surface area contributed by atoms with Crippen LogP contribution in [-0.2, 0) is 10.0 Å². The number of sulfonamides is 1. The van der Waals surface area contributed by atoms with Gasteiger partial charge in [-0.05, 0) is 30.5 Å². The molecule has 0 aromatic heterocycles. The first-order chi connectivity index (χ1) is 6.48. The molecule has 14 heavy (non-hydrogen) atoms. The van der Waals surface area contributed by atoms with Gasteiger partial charge in [0.05, 0.1) is 4.90 Å². The molecular formula is C9H13NO2S2. The first kappa shape index (κ1) is 11.6. The average Bonchev–Trinajstić information content (AvgIpc) is 2.17. The quantitative estimate of drug-likeness (QED) is 0.742. The predicted octanol–water partition coefficient (Wildman–Crippen LogP) is 1.66. The molecule has 3 nitrogen and oxygen atoms in total.